The number of aliphatic hydroxyl groups is 4. The normalized spacial score (nSPS) is 39.3. The van der Waals surface area contributed by atoms with Crippen molar-refractivity contribution in [1.29, 1.82) is 0 Å². The molecule has 2 fully saturated rings. The van der Waals surface area contributed by atoms with Gasteiger partial charge in [-0.25, -0.2) is 0 Å². The number of rotatable bonds is 7. The van der Waals surface area contributed by atoms with Crippen molar-refractivity contribution in [2.45, 2.75) is 115 Å². The van der Waals surface area contributed by atoms with Crippen molar-refractivity contribution in [1.82, 2.24) is 0 Å². The van der Waals surface area contributed by atoms with E-state index in [1.165, 1.54) is 6.92 Å². The van der Waals surface area contributed by atoms with E-state index in [1.54, 1.807) is 19.9 Å². The Balaban J connectivity index is 1.81. The van der Waals surface area contributed by atoms with Gasteiger partial charge in [-0.1, -0.05) is 13.0 Å². The Kier molecular flexibility index (Phi) is 7.81. The summed E-state index contributed by atoms with van der Waals surface area (Å²) in [6.45, 7) is 8.62. The SMILES string of the molecule is CC(O)(CC(=O)O)CC(=O)OCC1=CC(O)C2(C)CCC(C(C)(C)O)C2CC2OC2(C)C(O)CC1. The van der Waals surface area contributed by atoms with E-state index in [0.29, 0.717) is 31.3 Å². The Morgan fingerprint density at radius 3 is 2.40 bits per heavy atom. The van der Waals surface area contributed by atoms with Gasteiger partial charge in [0.05, 0.1) is 42.4 Å². The molecule has 8 atom stereocenters. The molecule has 0 amide bonds. The van der Waals surface area contributed by atoms with Crippen LogP contribution in [0, 0.1) is 17.3 Å². The van der Waals surface area contributed by atoms with Gasteiger partial charge in [0, 0.05) is 5.41 Å². The van der Waals surface area contributed by atoms with Gasteiger partial charge >= 0.3 is 11.9 Å². The Morgan fingerprint density at radius 2 is 1.80 bits per heavy atom. The number of carboxylic acids is 1. The summed E-state index contributed by atoms with van der Waals surface area (Å²) in [6.07, 6.45) is 1.71. The van der Waals surface area contributed by atoms with E-state index in [0.717, 1.165) is 6.42 Å². The summed E-state index contributed by atoms with van der Waals surface area (Å²) < 4.78 is 11.3. The smallest absolute Gasteiger partial charge is 0.309 e. The van der Waals surface area contributed by atoms with Crippen LogP contribution in [-0.2, 0) is 19.1 Å². The van der Waals surface area contributed by atoms with Gasteiger partial charge in [0.15, 0.2) is 0 Å². The van der Waals surface area contributed by atoms with Crippen LogP contribution in [0.1, 0.15) is 79.6 Å². The average molecular weight is 499 g/mol. The van der Waals surface area contributed by atoms with E-state index >= 15 is 0 Å². The van der Waals surface area contributed by atoms with Crippen LogP contribution in [0.4, 0.5) is 0 Å². The van der Waals surface area contributed by atoms with Crippen molar-refractivity contribution in [2.24, 2.45) is 17.3 Å². The first-order chi connectivity index (χ1) is 16.0. The van der Waals surface area contributed by atoms with Crippen LogP contribution >= 0.6 is 0 Å². The van der Waals surface area contributed by atoms with Crippen LogP contribution in [-0.4, -0.2) is 79.2 Å². The minimum Gasteiger partial charge on any atom is -0.481 e. The van der Waals surface area contributed by atoms with E-state index in [4.69, 9.17) is 14.6 Å². The van der Waals surface area contributed by atoms with Gasteiger partial charge in [-0.3, -0.25) is 9.59 Å². The molecule has 2 aliphatic carbocycles. The Labute approximate surface area is 207 Å². The number of carboxylic acid groups (broad SMARTS) is 1. The van der Waals surface area contributed by atoms with Crippen LogP contribution in [0.25, 0.3) is 0 Å². The molecule has 35 heavy (non-hydrogen) atoms. The Hall–Kier alpha value is -1.52. The van der Waals surface area contributed by atoms with Gasteiger partial charge in [-0.05, 0) is 77.2 Å². The van der Waals surface area contributed by atoms with Crippen LogP contribution in [0.15, 0.2) is 11.6 Å². The van der Waals surface area contributed by atoms with Crippen molar-refractivity contribution < 1.29 is 44.6 Å². The van der Waals surface area contributed by atoms with Crippen molar-refractivity contribution in [2.75, 3.05) is 6.61 Å². The van der Waals surface area contributed by atoms with Crippen molar-refractivity contribution in [3.05, 3.63) is 11.6 Å². The third kappa shape index (κ3) is 6.25. The molecule has 3 aliphatic rings. The average Bonchev–Trinajstić information content (AvgIpc) is 3.22. The van der Waals surface area contributed by atoms with Gasteiger partial charge < -0.3 is 35.0 Å². The fraction of sp³-hybridized carbons (Fsp3) is 0.846. The van der Waals surface area contributed by atoms with Crippen LogP contribution < -0.4 is 0 Å². The third-order valence-corrected chi connectivity index (χ3v) is 8.63. The quantitative estimate of drug-likeness (QED) is 0.201. The number of epoxide rings is 1. The highest BCUT2D eigenvalue weighted by Crippen LogP contribution is 2.58. The van der Waals surface area contributed by atoms with Crippen molar-refractivity contribution in [3.8, 4) is 0 Å². The van der Waals surface area contributed by atoms with E-state index in [9.17, 15) is 30.0 Å². The summed E-state index contributed by atoms with van der Waals surface area (Å²) in [6, 6.07) is 0. The molecule has 1 aliphatic heterocycles. The van der Waals surface area contributed by atoms with E-state index in [1.807, 2.05) is 13.8 Å². The zero-order chi connectivity index (χ0) is 26.4. The molecule has 5 N–H and O–H groups in total. The molecule has 200 valence electrons. The molecule has 0 radical (unpaired) electrons. The van der Waals surface area contributed by atoms with Crippen LogP contribution in [0.5, 0.6) is 0 Å². The summed E-state index contributed by atoms with van der Waals surface area (Å²) in [4.78, 5) is 23.2. The van der Waals surface area contributed by atoms with Gasteiger partial charge in [0.1, 0.15) is 12.2 Å². The first-order valence-corrected chi connectivity index (χ1v) is 12.5. The first kappa shape index (κ1) is 28.1. The summed E-state index contributed by atoms with van der Waals surface area (Å²) in [5.74, 6) is -2.05. The first-order valence-electron chi connectivity index (χ1n) is 12.5. The van der Waals surface area contributed by atoms with Gasteiger partial charge in [-0.2, -0.15) is 0 Å². The van der Waals surface area contributed by atoms with Gasteiger partial charge in [-0.15, -0.1) is 0 Å². The molecule has 9 heteroatoms. The molecule has 9 nitrogen and oxygen atoms in total. The maximum absolute atomic E-state index is 12.3. The largest absolute Gasteiger partial charge is 0.481 e. The molecule has 0 bridgehead atoms. The monoisotopic (exact) mass is 498 g/mol. The second-order valence-corrected chi connectivity index (χ2v) is 12.2. The molecule has 8 unspecified atom stereocenters. The number of hydrogen-bond donors (Lipinski definition) is 5. The predicted molar refractivity (Wildman–Crippen MR) is 126 cm³/mol. The summed E-state index contributed by atoms with van der Waals surface area (Å²) >= 11 is 0. The summed E-state index contributed by atoms with van der Waals surface area (Å²) in [5, 5.41) is 52.1. The molecule has 1 saturated heterocycles. The van der Waals surface area contributed by atoms with Crippen molar-refractivity contribution in [3.63, 3.8) is 0 Å². The molecular formula is C26H42O9. The lowest BCUT2D eigenvalue weighted by molar-refractivity contribution is -0.151. The number of carbonyl (C=O) groups is 2. The third-order valence-electron chi connectivity index (χ3n) is 8.63. The molecular weight excluding hydrogens is 456 g/mol. The Bertz CT molecular complexity index is 844. The molecule has 1 saturated carbocycles. The zero-order valence-corrected chi connectivity index (χ0v) is 21.5. The zero-order valence-electron chi connectivity index (χ0n) is 21.5. The number of ether oxygens (including phenoxy) is 2. The lowest BCUT2D eigenvalue weighted by atomic mass is 9.67. The molecule has 1 heterocycles. The number of hydrogen-bond acceptors (Lipinski definition) is 8. The molecule has 0 aromatic heterocycles. The number of esters is 1. The molecule has 0 aromatic carbocycles. The number of carbonyl (C=O) groups excluding carboxylic acids is 1. The predicted octanol–water partition coefficient (Wildman–Crippen LogP) is 1.94. The topological polar surface area (TPSA) is 157 Å². The Morgan fingerprint density at radius 1 is 1.14 bits per heavy atom. The fourth-order valence-corrected chi connectivity index (χ4v) is 6.19. The lowest BCUT2D eigenvalue weighted by Gasteiger charge is -2.40. The second-order valence-electron chi connectivity index (χ2n) is 12.2. The minimum atomic E-state index is -1.73. The number of aliphatic carboxylic acids is 1. The van der Waals surface area contributed by atoms with Crippen LogP contribution in [0.3, 0.4) is 0 Å². The number of aliphatic hydroxyl groups excluding tert-OH is 2. The van der Waals surface area contributed by atoms with E-state index < -0.39 is 59.2 Å². The maximum Gasteiger partial charge on any atom is 0.309 e. The molecule has 3 rings (SSSR count). The van der Waals surface area contributed by atoms with Gasteiger partial charge in [0.25, 0.3) is 0 Å². The highest BCUT2D eigenvalue weighted by atomic mass is 16.6. The molecule has 0 aromatic rings. The van der Waals surface area contributed by atoms with E-state index in [-0.39, 0.29) is 24.5 Å². The maximum atomic E-state index is 12.3. The highest BCUT2D eigenvalue weighted by molar-refractivity contribution is 5.73. The fourth-order valence-electron chi connectivity index (χ4n) is 6.19. The summed E-state index contributed by atoms with van der Waals surface area (Å²) in [7, 11) is 0. The van der Waals surface area contributed by atoms with Gasteiger partial charge in [0.2, 0.25) is 0 Å². The van der Waals surface area contributed by atoms with Crippen molar-refractivity contribution >= 4 is 11.9 Å². The number of fused-ring (bicyclic) bond motifs is 2. The second kappa shape index (κ2) is 9.74. The summed E-state index contributed by atoms with van der Waals surface area (Å²) in [5.41, 5.74) is -3.25. The van der Waals surface area contributed by atoms with Crippen LogP contribution in [0.2, 0.25) is 0 Å². The standard InChI is InChI=1S/C26H42O9/c1-23(2,32)16-8-9-25(4)17(16)11-20-26(5,35-20)18(27)7-6-15(10-19(25)28)14-34-22(31)13-24(3,33)12-21(29)30/h10,16-20,27-28,32-33H,6-9,11-14H2,1-5H3,(H,29,30). The molecule has 0 spiro atoms. The lowest BCUT2D eigenvalue weighted by Crippen LogP contribution is -2.43. The van der Waals surface area contributed by atoms with E-state index in [2.05, 4.69) is 0 Å². The minimum absolute atomic E-state index is 0.0409. The highest BCUT2D eigenvalue weighted by Gasteiger charge is 2.62.